The number of rotatable bonds is 10. The summed E-state index contributed by atoms with van der Waals surface area (Å²) in [4.78, 5) is 13.2. The van der Waals surface area contributed by atoms with Crippen molar-refractivity contribution >= 4 is 5.97 Å². The molecule has 0 amide bonds. The number of carbonyl (C=O) groups is 1. The third-order valence-corrected chi connectivity index (χ3v) is 2.65. The number of ether oxygens (including phenoxy) is 2. The van der Waals surface area contributed by atoms with Crippen LogP contribution in [0.15, 0.2) is 0 Å². The Bertz CT molecular complexity index is 209. The van der Waals surface area contributed by atoms with Crippen LogP contribution in [-0.2, 0) is 14.3 Å². The maximum absolute atomic E-state index is 11.3. The Hall–Kier alpha value is -0.650. The SMILES string of the molecule is COCCCN(CCOC)C(C(=O)O)C(C)C. The van der Waals surface area contributed by atoms with Gasteiger partial charge in [0.1, 0.15) is 6.04 Å². The highest BCUT2D eigenvalue weighted by atomic mass is 16.5. The second kappa shape index (κ2) is 9.39. The third kappa shape index (κ3) is 6.61. The van der Waals surface area contributed by atoms with E-state index in [-0.39, 0.29) is 5.92 Å². The molecule has 1 atom stereocenters. The molecular weight excluding hydrogens is 222 g/mol. The fourth-order valence-corrected chi connectivity index (χ4v) is 1.87. The van der Waals surface area contributed by atoms with Crippen molar-refractivity contribution in [3.8, 4) is 0 Å². The first-order valence-electron chi connectivity index (χ1n) is 5.99. The Balaban J connectivity index is 4.43. The molecule has 0 saturated carbocycles. The molecule has 5 heteroatoms. The molecule has 1 unspecified atom stereocenters. The van der Waals surface area contributed by atoms with E-state index in [4.69, 9.17) is 9.47 Å². The molecule has 5 nitrogen and oxygen atoms in total. The molecule has 0 spiro atoms. The first-order valence-corrected chi connectivity index (χ1v) is 5.99. The lowest BCUT2D eigenvalue weighted by molar-refractivity contribution is -0.145. The van der Waals surface area contributed by atoms with Gasteiger partial charge in [-0.25, -0.2) is 0 Å². The minimum absolute atomic E-state index is 0.0758. The number of carboxylic acid groups (broad SMARTS) is 1. The zero-order valence-electron chi connectivity index (χ0n) is 11.3. The van der Waals surface area contributed by atoms with Crippen molar-refractivity contribution in [2.24, 2.45) is 5.92 Å². The minimum Gasteiger partial charge on any atom is -0.480 e. The number of hydrogen-bond donors (Lipinski definition) is 1. The van der Waals surface area contributed by atoms with Gasteiger partial charge in [0.15, 0.2) is 0 Å². The molecule has 0 aromatic rings. The highest BCUT2D eigenvalue weighted by Gasteiger charge is 2.27. The van der Waals surface area contributed by atoms with Gasteiger partial charge in [0.05, 0.1) is 6.61 Å². The van der Waals surface area contributed by atoms with Gasteiger partial charge in [-0.1, -0.05) is 13.8 Å². The molecule has 0 aromatic carbocycles. The molecule has 1 N–H and O–H groups in total. The molecule has 0 aromatic heterocycles. The van der Waals surface area contributed by atoms with Crippen molar-refractivity contribution in [1.82, 2.24) is 4.90 Å². The highest BCUT2D eigenvalue weighted by Crippen LogP contribution is 2.12. The van der Waals surface area contributed by atoms with Crippen LogP contribution in [0.2, 0.25) is 0 Å². The summed E-state index contributed by atoms with van der Waals surface area (Å²) in [7, 11) is 3.27. The molecular formula is C12H25NO4. The first kappa shape index (κ1) is 16.4. The molecule has 17 heavy (non-hydrogen) atoms. The van der Waals surface area contributed by atoms with E-state index in [0.29, 0.717) is 26.3 Å². The summed E-state index contributed by atoms with van der Waals surface area (Å²) in [6.45, 7) is 6.39. The zero-order valence-corrected chi connectivity index (χ0v) is 11.3. The standard InChI is InChI=1S/C12H25NO4/c1-10(2)11(12(14)15)13(7-9-17-4)6-5-8-16-3/h10-11H,5-9H2,1-4H3,(H,14,15). The lowest BCUT2D eigenvalue weighted by atomic mass is 10.0. The van der Waals surface area contributed by atoms with Crippen LogP contribution in [0.25, 0.3) is 0 Å². The van der Waals surface area contributed by atoms with Gasteiger partial charge < -0.3 is 14.6 Å². The lowest BCUT2D eigenvalue weighted by Gasteiger charge is -2.31. The molecule has 0 aliphatic rings. The van der Waals surface area contributed by atoms with Gasteiger partial charge in [0.25, 0.3) is 0 Å². The summed E-state index contributed by atoms with van der Waals surface area (Å²) in [5.41, 5.74) is 0. The predicted molar refractivity (Wildman–Crippen MR) is 66.2 cm³/mol. The molecule has 0 fully saturated rings. The van der Waals surface area contributed by atoms with Gasteiger partial charge in [0, 0.05) is 33.9 Å². The van der Waals surface area contributed by atoms with E-state index in [2.05, 4.69) is 0 Å². The Kier molecular flexibility index (Phi) is 9.03. The van der Waals surface area contributed by atoms with Gasteiger partial charge in [-0.15, -0.1) is 0 Å². The number of methoxy groups -OCH3 is 2. The summed E-state index contributed by atoms with van der Waals surface area (Å²) < 4.78 is 10.0. The Labute approximate surface area is 104 Å². The summed E-state index contributed by atoms with van der Waals surface area (Å²) in [6.07, 6.45) is 0.830. The third-order valence-electron chi connectivity index (χ3n) is 2.65. The van der Waals surface area contributed by atoms with E-state index in [9.17, 15) is 9.90 Å². The van der Waals surface area contributed by atoms with Crippen LogP contribution < -0.4 is 0 Å². The molecule has 0 radical (unpaired) electrons. The number of nitrogens with zero attached hydrogens (tertiary/aromatic N) is 1. The zero-order chi connectivity index (χ0) is 13.3. The Morgan fingerprint density at radius 2 is 1.76 bits per heavy atom. The molecule has 0 heterocycles. The second-order valence-corrected chi connectivity index (χ2v) is 4.40. The van der Waals surface area contributed by atoms with Crippen LogP contribution >= 0.6 is 0 Å². The van der Waals surface area contributed by atoms with Gasteiger partial charge in [0.2, 0.25) is 0 Å². The van der Waals surface area contributed by atoms with Crippen LogP contribution in [0.4, 0.5) is 0 Å². The Morgan fingerprint density at radius 3 is 2.18 bits per heavy atom. The monoisotopic (exact) mass is 247 g/mol. The van der Waals surface area contributed by atoms with E-state index in [0.717, 1.165) is 6.42 Å². The van der Waals surface area contributed by atoms with Gasteiger partial charge in [-0.3, -0.25) is 9.69 Å². The van der Waals surface area contributed by atoms with Crippen LogP contribution in [-0.4, -0.2) is 62.5 Å². The summed E-state index contributed by atoms with van der Waals surface area (Å²) >= 11 is 0. The van der Waals surface area contributed by atoms with Crippen molar-refractivity contribution in [3.05, 3.63) is 0 Å². The molecule has 0 saturated heterocycles. The maximum Gasteiger partial charge on any atom is 0.321 e. The summed E-state index contributed by atoms with van der Waals surface area (Å²) in [5.74, 6) is -0.694. The van der Waals surface area contributed by atoms with Gasteiger partial charge in [-0.05, 0) is 12.3 Å². The fourth-order valence-electron chi connectivity index (χ4n) is 1.87. The van der Waals surface area contributed by atoms with E-state index >= 15 is 0 Å². The van der Waals surface area contributed by atoms with Gasteiger partial charge in [-0.2, -0.15) is 0 Å². The first-order chi connectivity index (χ1) is 8.04. The van der Waals surface area contributed by atoms with Crippen molar-refractivity contribution < 1.29 is 19.4 Å². The Morgan fingerprint density at radius 1 is 1.18 bits per heavy atom. The summed E-state index contributed by atoms with van der Waals surface area (Å²) in [5, 5.41) is 9.26. The van der Waals surface area contributed by atoms with Crippen molar-refractivity contribution in [2.45, 2.75) is 26.3 Å². The van der Waals surface area contributed by atoms with Crippen molar-refractivity contribution in [3.63, 3.8) is 0 Å². The van der Waals surface area contributed by atoms with E-state index < -0.39 is 12.0 Å². The van der Waals surface area contributed by atoms with Crippen LogP contribution in [0.5, 0.6) is 0 Å². The van der Waals surface area contributed by atoms with E-state index in [1.165, 1.54) is 0 Å². The van der Waals surface area contributed by atoms with E-state index in [1.807, 2.05) is 18.7 Å². The van der Waals surface area contributed by atoms with Crippen LogP contribution in [0.3, 0.4) is 0 Å². The topological polar surface area (TPSA) is 59.0 Å². The number of aliphatic carboxylic acids is 1. The van der Waals surface area contributed by atoms with Gasteiger partial charge >= 0.3 is 5.97 Å². The van der Waals surface area contributed by atoms with Crippen LogP contribution in [0.1, 0.15) is 20.3 Å². The smallest absolute Gasteiger partial charge is 0.321 e. The molecule has 0 rings (SSSR count). The minimum atomic E-state index is -0.770. The number of carboxylic acids is 1. The largest absolute Gasteiger partial charge is 0.480 e. The average molecular weight is 247 g/mol. The van der Waals surface area contributed by atoms with Crippen molar-refractivity contribution in [1.29, 1.82) is 0 Å². The quantitative estimate of drug-likeness (QED) is 0.585. The normalized spacial score (nSPS) is 13.3. The highest BCUT2D eigenvalue weighted by molar-refractivity contribution is 5.73. The summed E-state index contributed by atoms with van der Waals surface area (Å²) in [6, 6.07) is -0.456. The number of hydrogen-bond acceptors (Lipinski definition) is 4. The molecule has 0 aliphatic carbocycles. The molecule has 0 bridgehead atoms. The molecule has 0 aliphatic heterocycles. The predicted octanol–water partition coefficient (Wildman–Crippen LogP) is 1.08. The lowest BCUT2D eigenvalue weighted by Crippen LogP contribution is -2.46. The average Bonchev–Trinajstić information content (AvgIpc) is 2.24. The van der Waals surface area contributed by atoms with Crippen LogP contribution in [0, 0.1) is 5.92 Å². The van der Waals surface area contributed by atoms with E-state index in [1.54, 1.807) is 14.2 Å². The van der Waals surface area contributed by atoms with Crippen molar-refractivity contribution in [2.75, 3.05) is 40.5 Å². The second-order valence-electron chi connectivity index (χ2n) is 4.40. The fraction of sp³-hybridized carbons (Fsp3) is 0.917. The maximum atomic E-state index is 11.3. The molecule has 102 valence electrons.